The molecule has 0 atom stereocenters. The number of furan rings is 1. The van der Waals surface area contributed by atoms with Crippen LogP contribution in [0.2, 0.25) is 0 Å². The van der Waals surface area contributed by atoms with Crippen molar-refractivity contribution >= 4 is 22.4 Å². The second-order valence-corrected chi connectivity index (χ2v) is 5.34. The minimum absolute atomic E-state index is 0.156. The maximum absolute atomic E-state index is 12.0. The lowest BCUT2D eigenvalue weighted by Gasteiger charge is -2.01. The third-order valence-electron chi connectivity index (χ3n) is 2.65. The highest BCUT2D eigenvalue weighted by Crippen LogP contribution is 2.23. The number of amides is 1. The highest BCUT2D eigenvalue weighted by Gasteiger charge is 2.13. The Morgan fingerprint density at radius 3 is 2.77 bits per heavy atom. The first-order chi connectivity index (χ1) is 10.7. The van der Waals surface area contributed by atoms with E-state index in [1.165, 1.54) is 11.3 Å². The van der Waals surface area contributed by atoms with Gasteiger partial charge in [0.2, 0.25) is 5.13 Å². The van der Waals surface area contributed by atoms with Crippen molar-refractivity contribution in [2.75, 3.05) is 5.73 Å². The summed E-state index contributed by atoms with van der Waals surface area (Å²) >= 11 is 1.22. The number of nitrogens with one attached hydrogen (secondary N) is 1. The van der Waals surface area contributed by atoms with E-state index in [9.17, 15) is 4.79 Å². The Labute approximate surface area is 129 Å². The number of nitrogen functional groups attached to an aromatic ring is 1. The Hall–Kier alpha value is -2.87. The molecule has 8 heteroatoms. The standard InChI is InChI=1S/C14H12N4O3S/c15-14-18-17-11(22-14)8-16-13(19)10-6-7-12(21-10)20-9-4-2-1-3-5-9/h1-7H,8H2,(H2,15,18)(H,16,19). The van der Waals surface area contributed by atoms with Gasteiger partial charge < -0.3 is 20.2 Å². The molecule has 2 heterocycles. The summed E-state index contributed by atoms with van der Waals surface area (Å²) in [4.78, 5) is 12.0. The summed E-state index contributed by atoms with van der Waals surface area (Å²) in [5.74, 6) is 0.671. The summed E-state index contributed by atoms with van der Waals surface area (Å²) in [6, 6.07) is 12.3. The topological polar surface area (TPSA) is 103 Å². The molecule has 0 aliphatic heterocycles. The van der Waals surface area contributed by atoms with Crippen molar-refractivity contribution in [1.82, 2.24) is 15.5 Å². The van der Waals surface area contributed by atoms with Gasteiger partial charge in [-0.2, -0.15) is 0 Å². The predicted octanol–water partition coefficient (Wildman–Crippen LogP) is 2.44. The van der Waals surface area contributed by atoms with E-state index < -0.39 is 0 Å². The second-order valence-electron chi connectivity index (χ2n) is 4.25. The predicted molar refractivity (Wildman–Crippen MR) is 80.7 cm³/mol. The van der Waals surface area contributed by atoms with E-state index in [1.807, 2.05) is 18.2 Å². The van der Waals surface area contributed by atoms with E-state index in [0.717, 1.165) is 0 Å². The fraction of sp³-hybridized carbons (Fsp3) is 0.0714. The summed E-state index contributed by atoms with van der Waals surface area (Å²) in [5.41, 5.74) is 5.47. The first-order valence-corrected chi connectivity index (χ1v) is 7.21. The van der Waals surface area contributed by atoms with Crippen molar-refractivity contribution in [2.45, 2.75) is 6.54 Å². The Morgan fingerprint density at radius 1 is 1.23 bits per heavy atom. The monoisotopic (exact) mass is 316 g/mol. The van der Waals surface area contributed by atoms with E-state index >= 15 is 0 Å². The molecule has 22 heavy (non-hydrogen) atoms. The SMILES string of the molecule is Nc1nnc(CNC(=O)c2ccc(Oc3ccccc3)o2)s1. The Morgan fingerprint density at radius 2 is 2.05 bits per heavy atom. The largest absolute Gasteiger partial charge is 0.426 e. The smallest absolute Gasteiger partial charge is 0.290 e. The first-order valence-electron chi connectivity index (χ1n) is 6.39. The number of carbonyl (C=O) groups excluding carboxylic acids is 1. The van der Waals surface area contributed by atoms with Crippen molar-refractivity contribution in [3.05, 3.63) is 53.2 Å². The molecule has 3 rings (SSSR count). The molecule has 0 fully saturated rings. The number of para-hydroxylation sites is 1. The average Bonchev–Trinajstić information content (AvgIpc) is 3.15. The van der Waals surface area contributed by atoms with Gasteiger partial charge in [0.1, 0.15) is 10.8 Å². The molecule has 0 spiro atoms. The zero-order chi connectivity index (χ0) is 15.4. The van der Waals surface area contributed by atoms with Crippen molar-refractivity contribution in [3.8, 4) is 11.7 Å². The van der Waals surface area contributed by atoms with Gasteiger partial charge in [0.15, 0.2) is 5.76 Å². The van der Waals surface area contributed by atoms with Crippen molar-refractivity contribution in [1.29, 1.82) is 0 Å². The third kappa shape index (κ3) is 3.41. The molecule has 3 N–H and O–H groups in total. The van der Waals surface area contributed by atoms with Crippen LogP contribution in [0.5, 0.6) is 11.7 Å². The summed E-state index contributed by atoms with van der Waals surface area (Å²) in [6.45, 7) is 0.239. The minimum atomic E-state index is -0.364. The molecule has 0 saturated heterocycles. The van der Waals surface area contributed by atoms with E-state index in [1.54, 1.807) is 24.3 Å². The van der Waals surface area contributed by atoms with Crippen LogP contribution in [0.25, 0.3) is 0 Å². The van der Waals surface area contributed by atoms with Gasteiger partial charge in [-0.3, -0.25) is 4.79 Å². The summed E-state index contributed by atoms with van der Waals surface area (Å²) < 4.78 is 10.8. The number of benzene rings is 1. The molecule has 112 valence electrons. The Balaban J connectivity index is 1.59. The number of hydrogen-bond donors (Lipinski definition) is 2. The van der Waals surface area contributed by atoms with Crippen molar-refractivity contribution in [3.63, 3.8) is 0 Å². The molecule has 0 unspecified atom stereocenters. The van der Waals surface area contributed by atoms with Crippen molar-refractivity contribution < 1.29 is 13.9 Å². The Bertz CT molecular complexity index is 769. The lowest BCUT2D eigenvalue weighted by atomic mass is 10.3. The normalized spacial score (nSPS) is 10.4. The molecule has 0 radical (unpaired) electrons. The maximum Gasteiger partial charge on any atom is 0.290 e. The molecule has 0 aliphatic carbocycles. The van der Waals surface area contributed by atoms with Gasteiger partial charge in [-0.25, -0.2) is 0 Å². The van der Waals surface area contributed by atoms with Gasteiger partial charge >= 0.3 is 0 Å². The zero-order valence-electron chi connectivity index (χ0n) is 11.4. The number of nitrogens with zero attached hydrogens (tertiary/aromatic N) is 2. The van der Waals surface area contributed by atoms with Gasteiger partial charge in [-0.1, -0.05) is 29.5 Å². The van der Waals surface area contributed by atoms with Gasteiger partial charge in [-0.05, 0) is 18.2 Å². The van der Waals surface area contributed by atoms with Gasteiger partial charge in [0.25, 0.3) is 11.9 Å². The first kappa shape index (κ1) is 14.1. The molecule has 0 aliphatic rings. The fourth-order valence-corrected chi connectivity index (χ4v) is 2.23. The molecule has 3 aromatic rings. The minimum Gasteiger partial charge on any atom is -0.426 e. The molecule has 1 amide bonds. The highest BCUT2D eigenvalue weighted by molar-refractivity contribution is 7.15. The van der Waals surface area contributed by atoms with Crippen LogP contribution in [0.4, 0.5) is 5.13 Å². The van der Waals surface area contributed by atoms with E-state index in [4.69, 9.17) is 14.9 Å². The number of hydrogen-bond acceptors (Lipinski definition) is 7. The number of ether oxygens (including phenoxy) is 1. The molecule has 2 aromatic heterocycles. The van der Waals surface area contributed by atoms with Crippen LogP contribution in [0.3, 0.4) is 0 Å². The maximum atomic E-state index is 12.0. The number of rotatable bonds is 5. The van der Waals surface area contributed by atoms with E-state index in [-0.39, 0.29) is 24.2 Å². The lowest BCUT2D eigenvalue weighted by Crippen LogP contribution is -2.22. The van der Waals surface area contributed by atoms with E-state index in [0.29, 0.717) is 15.9 Å². The zero-order valence-corrected chi connectivity index (χ0v) is 12.2. The Kier molecular flexibility index (Phi) is 4.01. The molecule has 7 nitrogen and oxygen atoms in total. The van der Waals surface area contributed by atoms with Crippen LogP contribution in [0.1, 0.15) is 15.6 Å². The van der Waals surface area contributed by atoms with Crippen LogP contribution < -0.4 is 15.8 Å². The van der Waals surface area contributed by atoms with Gasteiger partial charge in [0, 0.05) is 6.07 Å². The van der Waals surface area contributed by atoms with Crippen molar-refractivity contribution in [2.24, 2.45) is 0 Å². The fourth-order valence-electron chi connectivity index (χ4n) is 1.68. The second kappa shape index (κ2) is 6.27. The third-order valence-corrected chi connectivity index (χ3v) is 3.40. The van der Waals surface area contributed by atoms with Crippen LogP contribution in [-0.4, -0.2) is 16.1 Å². The number of anilines is 1. The summed E-state index contributed by atoms with van der Waals surface area (Å²) in [6.07, 6.45) is 0. The molecule has 1 aromatic carbocycles. The van der Waals surface area contributed by atoms with Crippen LogP contribution >= 0.6 is 11.3 Å². The quantitative estimate of drug-likeness (QED) is 0.749. The molecule has 0 saturated carbocycles. The number of carbonyl (C=O) groups is 1. The molecular formula is C14H12N4O3S. The highest BCUT2D eigenvalue weighted by atomic mass is 32.1. The molecule has 0 bridgehead atoms. The van der Waals surface area contributed by atoms with Crippen LogP contribution in [-0.2, 0) is 6.54 Å². The van der Waals surface area contributed by atoms with Crippen LogP contribution in [0, 0.1) is 0 Å². The van der Waals surface area contributed by atoms with Crippen LogP contribution in [0.15, 0.2) is 46.9 Å². The summed E-state index contributed by atoms with van der Waals surface area (Å²) in [7, 11) is 0. The van der Waals surface area contributed by atoms with E-state index in [2.05, 4.69) is 15.5 Å². The number of aromatic nitrogens is 2. The summed E-state index contributed by atoms with van der Waals surface area (Å²) in [5, 5.41) is 11.1. The van der Waals surface area contributed by atoms with Gasteiger partial charge in [-0.15, -0.1) is 10.2 Å². The number of nitrogens with two attached hydrogens (primary N) is 1. The average molecular weight is 316 g/mol. The lowest BCUT2D eigenvalue weighted by molar-refractivity contribution is 0.0918. The van der Waals surface area contributed by atoms with Gasteiger partial charge in [0.05, 0.1) is 6.54 Å². The molecular weight excluding hydrogens is 304 g/mol.